The summed E-state index contributed by atoms with van der Waals surface area (Å²) in [5.41, 5.74) is 0.737. The van der Waals surface area contributed by atoms with Crippen molar-refractivity contribution in [3.8, 4) is 0 Å². The van der Waals surface area contributed by atoms with Crippen molar-refractivity contribution >= 4 is 5.78 Å². The molecule has 1 aliphatic carbocycles. The van der Waals surface area contributed by atoms with Crippen LogP contribution in [0.4, 0.5) is 0 Å². The van der Waals surface area contributed by atoms with Gasteiger partial charge in [-0.05, 0) is 13.0 Å². The van der Waals surface area contributed by atoms with E-state index in [0.717, 1.165) is 6.42 Å². The van der Waals surface area contributed by atoms with Crippen LogP contribution in [-0.4, -0.2) is 37.5 Å². The number of Topliss-reactive ketones (excluding diaryl/α,β-unsaturated/α-hetero) is 1. The van der Waals surface area contributed by atoms with Gasteiger partial charge in [0, 0.05) is 39.7 Å². The van der Waals surface area contributed by atoms with Gasteiger partial charge in [0.2, 0.25) is 0 Å². The van der Waals surface area contributed by atoms with Crippen molar-refractivity contribution < 1.29 is 9.53 Å². The first-order valence-corrected chi connectivity index (χ1v) is 5.09. The maximum atomic E-state index is 11.2. The summed E-state index contributed by atoms with van der Waals surface area (Å²) in [6.45, 7) is 1.60. The number of ketones is 1. The first-order valence-electron chi connectivity index (χ1n) is 5.09. The third-order valence-corrected chi connectivity index (χ3v) is 2.70. The summed E-state index contributed by atoms with van der Waals surface area (Å²) >= 11 is 0. The van der Waals surface area contributed by atoms with Crippen molar-refractivity contribution in [1.82, 2.24) is 4.90 Å². The summed E-state index contributed by atoms with van der Waals surface area (Å²) in [4.78, 5) is 13.3. The molecule has 1 unspecified atom stereocenters. The summed E-state index contributed by atoms with van der Waals surface area (Å²) in [5, 5.41) is 0. The molecule has 0 fully saturated rings. The van der Waals surface area contributed by atoms with E-state index >= 15 is 0 Å². The summed E-state index contributed by atoms with van der Waals surface area (Å²) < 4.78 is 5.49. The zero-order valence-electron chi connectivity index (χ0n) is 9.91. The van der Waals surface area contributed by atoms with Crippen LogP contribution in [0.3, 0.4) is 0 Å². The number of carbonyl (C=O) groups excluding carboxylic acids is 1. The van der Waals surface area contributed by atoms with Crippen molar-refractivity contribution in [2.24, 2.45) is 0 Å². The highest BCUT2D eigenvalue weighted by Gasteiger charge is 2.31. The fourth-order valence-corrected chi connectivity index (χ4v) is 1.82. The van der Waals surface area contributed by atoms with Crippen LogP contribution < -0.4 is 0 Å². The minimum absolute atomic E-state index is 0.154. The number of ether oxygens (including phenoxy) is 1. The predicted octanol–water partition coefficient (Wildman–Crippen LogP) is 1.76. The van der Waals surface area contributed by atoms with Gasteiger partial charge in [-0.1, -0.05) is 12.2 Å². The second-order valence-electron chi connectivity index (χ2n) is 4.24. The molecule has 0 spiro atoms. The van der Waals surface area contributed by atoms with E-state index in [4.69, 9.17) is 4.74 Å². The Balaban J connectivity index is 2.83. The van der Waals surface area contributed by atoms with Crippen LogP contribution in [0, 0.1) is 0 Å². The Bertz CT molecular complexity index is 305. The number of nitrogens with zero attached hydrogens (tertiary/aromatic N) is 1. The van der Waals surface area contributed by atoms with E-state index in [-0.39, 0.29) is 5.78 Å². The van der Waals surface area contributed by atoms with Crippen molar-refractivity contribution in [3.63, 3.8) is 0 Å². The third kappa shape index (κ3) is 2.93. The van der Waals surface area contributed by atoms with Crippen molar-refractivity contribution in [2.75, 3.05) is 21.2 Å². The Morgan fingerprint density at radius 3 is 2.73 bits per heavy atom. The number of hydrogen-bond acceptors (Lipinski definition) is 3. The molecule has 0 aliphatic heterocycles. The first-order chi connectivity index (χ1) is 6.99. The van der Waals surface area contributed by atoms with Gasteiger partial charge >= 0.3 is 0 Å². The standard InChI is InChI=1S/C12H19NO2/c1-10(14)8-12(15-4)7-5-6-11(9-12)13(2)3/h5-7H,8-9H2,1-4H3. The quantitative estimate of drug-likeness (QED) is 0.706. The molecule has 0 aromatic rings. The number of carbonyl (C=O) groups is 1. The van der Waals surface area contributed by atoms with Gasteiger partial charge in [-0.2, -0.15) is 0 Å². The normalized spacial score (nSPS) is 24.9. The average Bonchev–Trinajstić information content (AvgIpc) is 2.17. The zero-order chi connectivity index (χ0) is 11.5. The second kappa shape index (κ2) is 4.62. The van der Waals surface area contributed by atoms with Crippen molar-refractivity contribution in [3.05, 3.63) is 23.9 Å². The zero-order valence-corrected chi connectivity index (χ0v) is 9.91. The highest BCUT2D eigenvalue weighted by Crippen LogP contribution is 2.30. The van der Waals surface area contributed by atoms with Gasteiger partial charge in [-0.3, -0.25) is 4.79 Å². The molecular formula is C12H19NO2. The SMILES string of the molecule is COC1(CC(C)=O)C=CC=C(N(C)C)C1. The predicted molar refractivity (Wildman–Crippen MR) is 60.6 cm³/mol. The molecule has 0 radical (unpaired) electrons. The molecular weight excluding hydrogens is 190 g/mol. The van der Waals surface area contributed by atoms with Crippen molar-refractivity contribution in [1.29, 1.82) is 0 Å². The highest BCUT2D eigenvalue weighted by molar-refractivity contribution is 5.77. The Hall–Kier alpha value is -1.09. The Morgan fingerprint density at radius 2 is 2.27 bits per heavy atom. The lowest BCUT2D eigenvalue weighted by Gasteiger charge is -2.33. The van der Waals surface area contributed by atoms with Crippen LogP contribution in [0.5, 0.6) is 0 Å². The molecule has 0 amide bonds. The molecule has 3 nitrogen and oxygen atoms in total. The Kier molecular flexibility index (Phi) is 3.69. The van der Waals surface area contributed by atoms with Crippen LogP contribution >= 0.6 is 0 Å². The van der Waals surface area contributed by atoms with E-state index < -0.39 is 5.60 Å². The van der Waals surface area contributed by atoms with E-state index in [2.05, 4.69) is 11.0 Å². The molecule has 1 rings (SSSR count). The lowest BCUT2D eigenvalue weighted by molar-refractivity contribution is -0.121. The lowest BCUT2D eigenvalue weighted by Crippen LogP contribution is -2.35. The molecule has 0 bridgehead atoms. The maximum absolute atomic E-state index is 11.2. The van der Waals surface area contributed by atoms with Gasteiger partial charge in [0.15, 0.2) is 0 Å². The average molecular weight is 209 g/mol. The van der Waals surface area contributed by atoms with Gasteiger partial charge < -0.3 is 9.64 Å². The van der Waals surface area contributed by atoms with E-state index in [1.807, 2.05) is 26.2 Å². The molecule has 0 heterocycles. The van der Waals surface area contributed by atoms with E-state index in [0.29, 0.717) is 6.42 Å². The third-order valence-electron chi connectivity index (χ3n) is 2.70. The first kappa shape index (κ1) is 12.0. The van der Waals surface area contributed by atoms with Gasteiger partial charge in [-0.15, -0.1) is 0 Å². The number of methoxy groups -OCH3 is 1. The summed E-state index contributed by atoms with van der Waals surface area (Å²) in [7, 11) is 5.66. The van der Waals surface area contributed by atoms with Gasteiger partial charge in [-0.25, -0.2) is 0 Å². The Morgan fingerprint density at radius 1 is 1.60 bits per heavy atom. The molecule has 0 saturated heterocycles. The molecule has 0 N–H and O–H groups in total. The topological polar surface area (TPSA) is 29.5 Å². The maximum Gasteiger partial charge on any atom is 0.133 e. The lowest BCUT2D eigenvalue weighted by atomic mass is 9.88. The molecule has 3 heteroatoms. The van der Waals surface area contributed by atoms with Crippen LogP contribution in [0.15, 0.2) is 23.9 Å². The number of rotatable bonds is 4. The van der Waals surface area contributed by atoms with Crippen LogP contribution in [0.2, 0.25) is 0 Å². The largest absolute Gasteiger partial charge is 0.381 e. The van der Waals surface area contributed by atoms with E-state index in [1.165, 1.54) is 5.70 Å². The smallest absolute Gasteiger partial charge is 0.133 e. The minimum atomic E-state index is -0.444. The summed E-state index contributed by atoms with van der Waals surface area (Å²) in [5.74, 6) is 0.154. The molecule has 1 atom stereocenters. The molecule has 0 aromatic heterocycles. The molecule has 1 aliphatic rings. The van der Waals surface area contributed by atoms with Crippen molar-refractivity contribution in [2.45, 2.75) is 25.4 Å². The Labute approximate surface area is 91.4 Å². The fourth-order valence-electron chi connectivity index (χ4n) is 1.82. The van der Waals surface area contributed by atoms with Crippen LogP contribution in [0.25, 0.3) is 0 Å². The van der Waals surface area contributed by atoms with Gasteiger partial charge in [0.25, 0.3) is 0 Å². The minimum Gasteiger partial charge on any atom is -0.381 e. The molecule has 15 heavy (non-hydrogen) atoms. The molecule has 0 saturated carbocycles. The van der Waals surface area contributed by atoms with E-state index in [1.54, 1.807) is 14.0 Å². The molecule has 84 valence electrons. The molecule has 0 aromatic carbocycles. The van der Waals surface area contributed by atoms with Gasteiger partial charge in [0.05, 0.1) is 5.60 Å². The number of hydrogen-bond donors (Lipinski definition) is 0. The van der Waals surface area contributed by atoms with E-state index in [9.17, 15) is 4.79 Å². The summed E-state index contributed by atoms with van der Waals surface area (Å²) in [6, 6.07) is 0. The van der Waals surface area contributed by atoms with Crippen LogP contribution in [-0.2, 0) is 9.53 Å². The summed E-state index contributed by atoms with van der Waals surface area (Å²) in [6.07, 6.45) is 7.18. The fraction of sp³-hybridized carbons (Fsp3) is 0.583. The second-order valence-corrected chi connectivity index (χ2v) is 4.24. The van der Waals surface area contributed by atoms with Gasteiger partial charge in [0.1, 0.15) is 5.78 Å². The highest BCUT2D eigenvalue weighted by atomic mass is 16.5. The monoisotopic (exact) mass is 209 g/mol. The number of allylic oxidation sites excluding steroid dienone is 2. The van der Waals surface area contributed by atoms with Crippen LogP contribution in [0.1, 0.15) is 19.8 Å².